The molecular formula is C15H18OS. The lowest BCUT2D eigenvalue weighted by Gasteiger charge is -2.31. The molecule has 1 aromatic rings. The highest BCUT2D eigenvalue weighted by Crippen LogP contribution is 2.41. The molecule has 0 amide bonds. The maximum Gasteiger partial charge on any atom is 0.163 e. The topological polar surface area (TPSA) is 17.1 Å². The molecule has 0 bridgehead atoms. The summed E-state index contributed by atoms with van der Waals surface area (Å²) in [5.41, 5.74) is 6.65. The number of hydrogen-bond acceptors (Lipinski definition) is 2. The van der Waals surface area contributed by atoms with Crippen molar-refractivity contribution in [2.24, 2.45) is 5.41 Å². The highest BCUT2D eigenvalue weighted by atomic mass is 32.2. The van der Waals surface area contributed by atoms with Crippen molar-refractivity contribution in [3.8, 4) is 0 Å². The molecular weight excluding hydrogens is 228 g/mol. The van der Waals surface area contributed by atoms with E-state index in [1.54, 1.807) is 0 Å². The van der Waals surface area contributed by atoms with E-state index in [2.05, 4.69) is 26.8 Å². The van der Waals surface area contributed by atoms with Crippen LogP contribution in [0.25, 0.3) is 0 Å². The maximum atomic E-state index is 12.3. The van der Waals surface area contributed by atoms with Crippen molar-refractivity contribution in [1.29, 1.82) is 0 Å². The van der Waals surface area contributed by atoms with Crippen LogP contribution in [0.15, 0.2) is 6.07 Å². The Morgan fingerprint density at radius 2 is 1.94 bits per heavy atom. The van der Waals surface area contributed by atoms with Gasteiger partial charge in [0.2, 0.25) is 0 Å². The van der Waals surface area contributed by atoms with E-state index < -0.39 is 0 Å². The van der Waals surface area contributed by atoms with Gasteiger partial charge in [0.15, 0.2) is 5.78 Å². The van der Waals surface area contributed by atoms with E-state index in [1.807, 2.05) is 11.8 Å². The summed E-state index contributed by atoms with van der Waals surface area (Å²) in [4.78, 5) is 12.3. The number of benzene rings is 1. The fourth-order valence-electron chi connectivity index (χ4n) is 3.22. The lowest BCUT2D eigenvalue weighted by molar-refractivity contribution is 0.0911. The van der Waals surface area contributed by atoms with Gasteiger partial charge < -0.3 is 0 Å². The molecule has 0 fully saturated rings. The zero-order chi connectivity index (χ0) is 12.2. The van der Waals surface area contributed by atoms with Crippen LogP contribution in [0.4, 0.5) is 0 Å². The number of Topliss-reactive ketones (excluding diaryl/α,β-unsaturated/α-hetero) is 1. The van der Waals surface area contributed by atoms with Gasteiger partial charge in [-0.1, -0.05) is 19.9 Å². The van der Waals surface area contributed by atoms with Gasteiger partial charge in [0, 0.05) is 23.5 Å². The average molecular weight is 246 g/mol. The molecule has 0 radical (unpaired) electrons. The Morgan fingerprint density at radius 3 is 2.71 bits per heavy atom. The summed E-state index contributed by atoms with van der Waals surface area (Å²) >= 11 is 1.97. The first-order chi connectivity index (χ1) is 7.98. The number of carbonyl (C=O) groups is 1. The van der Waals surface area contributed by atoms with Crippen LogP contribution < -0.4 is 0 Å². The maximum absolute atomic E-state index is 12.3. The number of ketones is 1. The number of hydrogen-bond donors (Lipinski definition) is 0. The quantitative estimate of drug-likeness (QED) is 0.690. The largest absolute Gasteiger partial charge is 0.294 e. The Morgan fingerprint density at radius 1 is 1.18 bits per heavy atom. The first kappa shape index (κ1) is 11.3. The average Bonchev–Trinajstić information content (AvgIpc) is 2.62. The van der Waals surface area contributed by atoms with Crippen molar-refractivity contribution in [2.45, 2.75) is 45.1 Å². The van der Waals surface area contributed by atoms with E-state index >= 15 is 0 Å². The molecule has 0 spiro atoms. The minimum absolute atomic E-state index is 0.135. The Labute approximate surface area is 107 Å². The van der Waals surface area contributed by atoms with Crippen molar-refractivity contribution in [2.75, 3.05) is 0 Å². The molecule has 1 nitrogen and oxygen atoms in total. The van der Waals surface area contributed by atoms with Gasteiger partial charge in [-0.25, -0.2) is 0 Å². The second-order valence-corrected chi connectivity index (χ2v) is 7.09. The minimum Gasteiger partial charge on any atom is -0.294 e. The molecule has 2 aliphatic rings. The Kier molecular flexibility index (Phi) is 2.41. The molecule has 2 heteroatoms. The zero-order valence-electron chi connectivity index (χ0n) is 10.7. The van der Waals surface area contributed by atoms with Crippen LogP contribution >= 0.6 is 11.8 Å². The van der Waals surface area contributed by atoms with Gasteiger partial charge in [0.25, 0.3) is 0 Å². The first-order valence-corrected chi connectivity index (χ1v) is 7.38. The third kappa shape index (κ3) is 1.74. The second-order valence-electron chi connectivity index (χ2n) is 6.11. The number of carbonyl (C=O) groups excluding carboxylic acids is 1. The molecule has 0 atom stereocenters. The third-order valence-electron chi connectivity index (χ3n) is 3.98. The molecule has 1 aliphatic carbocycles. The summed E-state index contributed by atoms with van der Waals surface area (Å²) in [7, 11) is 0. The standard InChI is InChI=1S/C15H18OS/c1-9-12-8-17-7-11(12)4-10-5-15(2,3)6-13(16)14(9)10/h4H,5-8H2,1-3H3. The van der Waals surface area contributed by atoms with E-state index in [0.29, 0.717) is 12.2 Å². The summed E-state index contributed by atoms with van der Waals surface area (Å²) in [5.74, 6) is 2.57. The van der Waals surface area contributed by atoms with Crippen molar-refractivity contribution >= 4 is 17.5 Å². The van der Waals surface area contributed by atoms with E-state index in [0.717, 1.165) is 23.5 Å². The zero-order valence-corrected chi connectivity index (χ0v) is 11.5. The minimum atomic E-state index is 0.135. The summed E-state index contributed by atoms with van der Waals surface area (Å²) in [6.07, 6.45) is 1.75. The van der Waals surface area contributed by atoms with Crippen molar-refractivity contribution in [3.63, 3.8) is 0 Å². The van der Waals surface area contributed by atoms with E-state index in [4.69, 9.17) is 0 Å². The molecule has 0 unspecified atom stereocenters. The summed E-state index contributed by atoms with van der Waals surface area (Å²) < 4.78 is 0. The van der Waals surface area contributed by atoms with Crippen LogP contribution in [0.5, 0.6) is 0 Å². The van der Waals surface area contributed by atoms with Gasteiger partial charge in [0.05, 0.1) is 0 Å². The van der Waals surface area contributed by atoms with Crippen molar-refractivity contribution < 1.29 is 4.79 Å². The molecule has 1 heterocycles. The van der Waals surface area contributed by atoms with E-state index in [9.17, 15) is 4.79 Å². The third-order valence-corrected chi connectivity index (χ3v) is 4.98. The van der Waals surface area contributed by atoms with Crippen molar-refractivity contribution in [3.05, 3.63) is 33.9 Å². The van der Waals surface area contributed by atoms with Gasteiger partial charge in [0.1, 0.15) is 0 Å². The highest BCUT2D eigenvalue weighted by Gasteiger charge is 2.33. The predicted molar refractivity (Wildman–Crippen MR) is 72.6 cm³/mol. The van der Waals surface area contributed by atoms with Crippen LogP contribution in [0.3, 0.4) is 0 Å². The van der Waals surface area contributed by atoms with Crippen LogP contribution in [-0.2, 0) is 17.9 Å². The van der Waals surface area contributed by atoms with Crippen LogP contribution in [-0.4, -0.2) is 5.78 Å². The van der Waals surface area contributed by atoms with Gasteiger partial charge in [-0.05, 0) is 41.0 Å². The molecule has 0 aromatic heterocycles. The lowest BCUT2D eigenvalue weighted by atomic mass is 9.71. The molecule has 0 N–H and O–H groups in total. The summed E-state index contributed by atoms with van der Waals surface area (Å²) in [5, 5.41) is 0. The number of fused-ring (bicyclic) bond motifs is 2. The molecule has 3 rings (SSSR count). The molecule has 17 heavy (non-hydrogen) atoms. The van der Waals surface area contributed by atoms with Crippen molar-refractivity contribution in [1.82, 2.24) is 0 Å². The normalized spacial score (nSPS) is 21.2. The van der Waals surface area contributed by atoms with Gasteiger partial charge >= 0.3 is 0 Å². The summed E-state index contributed by atoms with van der Waals surface area (Å²) in [6, 6.07) is 2.30. The number of rotatable bonds is 0. The van der Waals surface area contributed by atoms with Gasteiger partial charge in [-0.2, -0.15) is 11.8 Å². The van der Waals surface area contributed by atoms with Crippen LogP contribution in [0.1, 0.15) is 52.9 Å². The smallest absolute Gasteiger partial charge is 0.163 e. The molecule has 90 valence electrons. The Hall–Kier alpha value is -0.760. The first-order valence-electron chi connectivity index (χ1n) is 6.23. The fraction of sp³-hybridized carbons (Fsp3) is 0.533. The van der Waals surface area contributed by atoms with E-state index in [-0.39, 0.29) is 5.41 Å². The Bertz CT molecular complexity index is 514. The fourth-order valence-corrected chi connectivity index (χ4v) is 4.41. The molecule has 0 saturated carbocycles. The monoisotopic (exact) mass is 246 g/mol. The SMILES string of the molecule is Cc1c2c(cc3c1C(=O)CC(C)(C)C3)CSC2. The lowest BCUT2D eigenvalue weighted by Crippen LogP contribution is -2.28. The molecule has 0 saturated heterocycles. The second kappa shape index (κ2) is 3.61. The predicted octanol–water partition coefficient (Wildman–Crippen LogP) is 3.90. The van der Waals surface area contributed by atoms with Crippen LogP contribution in [0, 0.1) is 12.3 Å². The summed E-state index contributed by atoms with van der Waals surface area (Å²) in [6.45, 7) is 6.54. The number of thioether (sulfide) groups is 1. The van der Waals surface area contributed by atoms with Crippen LogP contribution in [0.2, 0.25) is 0 Å². The van der Waals surface area contributed by atoms with E-state index in [1.165, 1.54) is 22.3 Å². The van der Waals surface area contributed by atoms with Gasteiger partial charge in [-0.15, -0.1) is 0 Å². The molecule has 1 aliphatic heterocycles. The Balaban J connectivity index is 2.21. The molecule has 1 aromatic carbocycles. The highest BCUT2D eigenvalue weighted by molar-refractivity contribution is 7.98. The van der Waals surface area contributed by atoms with Gasteiger partial charge in [-0.3, -0.25) is 4.79 Å².